The number of nitrogens with two attached hydrogens (primary N) is 1. The first-order chi connectivity index (χ1) is 12.0. The summed E-state index contributed by atoms with van der Waals surface area (Å²) in [6.45, 7) is 1.95. The normalized spacial score (nSPS) is 11.6. The summed E-state index contributed by atoms with van der Waals surface area (Å²) in [6, 6.07) is 10.2. The van der Waals surface area contributed by atoms with E-state index < -0.39 is 16.4 Å². The van der Waals surface area contributed by atoms with Gasteiger partial charge in [-0.3, -0.25) is 10.1 Å². The number of ether oxygens (including phenoxy) is 1. The fourth-order valence-electron chi connectivity index (χ4n) is 2.36. The van der Waals surface area contributed by atoms with E-state index in [1.54, 1.807) is 6.92 Å². The Balaban J connectivity index is 2.16. The Hall–Kier alpha value is -3.20. The van der Waals surface area contributed by atoms with Crippen LogP contribution in [0.3, 0.4) is 0 Å². The van der Waals surface area contributed by atoms with Gasteiger partial charge in [-0.1, -0.05) is 12.1 Å². The Kier molecular flexibility index (Phi) is 4.48. The summed E-state index contributed by atoms with van der Waals surface area (Å²) in [7, 11) is 0. The van der Waals surface area contributed by atoms with Gasteiger partial charge in [0.1, 0.15) is 10.7 Å². The van der Waals surface area contributed by atoms with Gasteiger partial charge in [0.2, 0.25) is 5.75 Å². The van der Waals surface area contributed by atoms with Crippen LogP contribution in [0.15, 0.2) is 41.5 Å². The summed E-state index contributed by atoms with van der Waals surface area (Å²) in [4.78, 5) is 15.0. The van der Waals surface area contributed by atoms with Crippen LogP contribution in [-0.2, 0) is 0 Å². The van der Waals surface area contributed by atoms with Crippen LogP contribution < -0.4 is 10.6 Å². The minimum atomic E-state index is -0.687. The Morgan fingerprint density at radius 2 is 2.20 bits per heavy atom. The van der Waals surface area contributed by atoms with E-state index in [0.717, 1.165) is 10.2 Å². The molecule has 2 aromatic carbocycles. The quantitative estimate of drug-likeness (QED) is 0.313. The molecule has 3 N–H and O–H groups in total. The lowest BCUT2D eigenvalue weighted by Gasteiger charge is -2.09. The Morgan fingerprint density at radius 1 is 1.44 bits per heavy atom. The molecule has 0 unspecified atom stereocenters. The number of phenols is 1. The number of hydrazone groups is 1. The number of benzene rings is 2. The minimum absolute atomic E-state index is 0.00559. The van der Waals surface area contributed by atoms with Gasteiger partial charge in [0.05, 0.1) is 21.7 Å². The van der Waals surface area contributed by atoms with Crippen molar-refractivity contribution in [1.82, 2.24) is 4.98 Å². The van der Waals surface area contributed by atoms with Crippen molar-refractivity contribution in [3.63, 3.8) is 0 Å². The third kappa shape index (κ3) is 3.09. The number of hydrogen-bond acceptors (Lipinski definition) is 8. The molecule has 0 bridgehead atoms. The van der Waals surface area contributed by atoms with Gasteiger partial charge in [-0.05, 0) is 25.1 Å². The average molecular weight is 358 g/mol. The Morgan fingerprint density at radius 3 is 2.84 bits per heavy atom. The molecule has 0 aliphatic carbocycles. The third-order valence-corrected chi connectivity index (χ3v) is 4.49. The molecule has 0 amide bonds. The monoisotopic (exact) mass is 358 g/mol. The van der Waals surface area contributed by atoms with Crippen LogP contribution in [0.5, 0.6) is 11.5 Å². The largest absolute Gasteiger partial charge is 0.500 e. The molecule has 9 heteroatoms. The van der Waals surface area contributed by atoms with E-state index in [0.29, 0.717) is 10.6 Å². The minimum Gasteiger partial charge on any atom is -0.500 e. The number of nitrogens with zero attached hydrogens (tertiary/aromatic N) is 3. The molecule has 0 aliphatic heterocycles. The first kappa shape index (κ1) is 16.7. The maximum atomic E-state index is 11.2. The number of phenolic OH excluding ortho intramolecular Hbond substituents is 1. The number of hydrogen-bond donors (Lipinski definition) is 2. The van der Waals surface area contributed by atoms with Crippen molar-refractivity contribution >= 4 is 33.0 Å². The van der Waals surface area contributed by atoms with Gasteiger partial charge >= 0.3 is 5.69 Å². The van der Waals surface area contributed by atoms with E-state index in [1.165, 1.54) is 23.5 Å². The van der Waals surface area contributed by atoms with E-state index in [4.69, 9.17) is 10.6 Å². The molecule has 3 rings (SSSR count). The van der Waals surface area contributed by atoms with Crippen LogP contribution in [0.25, 0.3) is 10.2 Å². The standard InChI is InChI=1S/C16H14N4O4S/c1-2-24-12-8-9(7-11(15(12)21)20(22)23)14(19-17)16-18-10-5-3-4-6-13(10)25-16/h3-8,21H,2,17H2,1H3/b19-14+. The van der Waals surface area contributed by atoms with Crippen LogP contribution in [0.1, 0.15) is 17.5 Å². The van der Waals surface area contributed by atoms with Crippen molar-refractivity contribution in [2.45, 2.75) is 6.92 Å². The smallest absolute Gasteiger partial charge is 0.315 e. The maximum absolute atomic E-state index is 11.2. The number of aromatic nitrogens is 1. The summed E-state index contributed by atoms with van der Waals surface area (Å²) in [5, 5.41) is 25.5. The van der Waals surface area contributed by atoms with Gasteiger partial charge in [-0.15, -0.1) is 11.3 Å². The van der Waals surface area contributed by atoms with E-state index in [2.05, 4.69) is 10.1 Å². The molecule has 0 saturated heterocycles. The number of nitro benzene ring substituents is 1. The molecule has 25 heavy (non-hydrogen) atoms. The number of thiazole rings is 1. The second-order valence-corrected chi connectivity index (χ2v) is 6.03. The zero-order chi connectivity index (χ0) is 18.0. The van der Waals surface area contributed by atoms with Crippen LogP contribution in [0.4, 0.5) is 5.69 Å². The molecule has 0 saturated carbocycles. The number of aromatic hydroxyl groups is 1. The average Bonchev–Trinajstić information content (AvgIpc) is 3.01. The fraction of sp³-hybridized carbons (Fsp3) is 0.125. The number of nitro groups is 1. The second kappa shape index (κ2) is 6.73. The summed E-state index contributed by atoms with van der Waals surface area (Å²) in [5.41, 5.74) is 0.921. The lowest BCUT2D eigenvalue weighted by Crippen LogP contribution is -2.08. The topological polar surface area (TPSA) is 124 Å². The number of para-hydroxylation sites is 1. The molecule has 128 valence electrons. The molecule has 0 fully saturated rings. The fourth-order valence-corrected chi connectivity index (χ4v) is 3.35. The number of fused-ring (bicyclic) bond motifs is 1. The van der Waals surface area contributed by atoms with E-state index in [1.807, 2.05) is 24.3 Å². The second-order valence-electron chi connectivity index (χ2n) is 5.00. The van der Waals surface area contributed by atoms with Gasteiger partial charge in [0, 0.05) is 11.6 Å². The molecular weight excluding hydrogens is 344 g/mol. The molecule has 0 aliphatic rings. The molecular formula is C16H14N4O4S. The Bertz CT molecular complexity index is 950. The third-order valence-electron chi connectivity index (χ3n) is 3.45. The lowest BCUT2D eigenvalue weighted by atomic mass is 10.1. The highest BCUT2D eigenvalue weighted by Crippen LogP contribution is 2.38. The maximum Gasteiger partial charge on any atom is 0.315 e. The van der Waals surface area contributed by atoms with Crippen molar-refractivity contribution in [1.29, 1.82) is 0 Å². The van der Waals surface area contributed by atoms with Gasteiger partial charge in [-0.25, -0.2) is 4.98 Å². The van der Waals surface area contributed by atoms with Crippen molar-refractivity contribution in [2.24, 2.45) is 10.9 Å². The molecule has 1 aromatic heterocycles. The molecule has 0 radical (unpaired) electrons. The molecule has 3 aromatic rings. The molecule has 1 heterocycles. The van der Waals surface area contributed by atoms with Crippen molar-refractivity contribution in [2.75, 3.05) is 6.61 Å². The highest BCUT2D eigenvalue weighted by atomic mass is 32.1. The van der Waals surface area contributed by atoms with Crippen LogP contribution in [0, 0.1) is 10.1 Å². The summed E-state index contributed by atoms with van der Waals surface area (Å²) in [6.07, 6.45) is 0. The van der Waals surface area contributed by atoms with E-state index >= 15 is 0 Å². The van der Waals surface area contributed by atoms with Gasteiger partial charge in [-0.2, -0.15) is 5.10 Å². The van der Waals surface area contributed by atoms with Crippen molar-refractivity contribution in [3.05, 3.63) is 57.1 Å². The predicted molar refractivity (Wildman–Crippen MR) is 95.4 cm³/mol. The van der Waals surface area contributed by atoms with Crippen molar-refractivity contribution in [3.8, 4) is 11.5 Å². The van der Waals surface area contributed by atoms with E-state index in [9.17, 15) is 15.2 Å². The van der Waals surface area contributed by atoms with Crippen LogP contribution in [0.2, 0.25) is 0 Å². The van der Waals surface area contributed by atoms with E-state index in [-0.39, 0.29) is 18.1 Å². The summed E-state index contributed by atoms with van der Waals surface area (Å²) in [5.74, 6) is 4.99. The predicted octanol–water partition coefficient (Wildman–Crippen LogP) is 3.02. The molecule has 0 spiro atoms. The SMILES string of the molecule is CCOc1cc(/C(=N\N)c2nc3ccccc3s2)cc([N+](=O)[O-])c1O. The van der Waals surface area contributed by atoms with Crippen LogP contribution in [-0.4, -0.2) is 27.3 Å². The highest BCUT2D eigenvalue weighted by molar-refractivity contribution is 7.20. The van der Waals surface area contributed by atoms with Gasteiger partial charge < -0.3 is 15.7 Å². The molecule has 8 nitrogen and oxygen atoms in total. The zero-order valence-electron chi connectivity index (χ0n) is 13.2. The van der Waals surface area contributed by atoms with Gasteiger partial charge in [0.25, 0.3) is 0 Å². The first-order valence-corrected chi connectivity index (χ1v) is 8.15. The van der Waals surface area contributed by atoms with Crippen LogP contribution >= 0.6 is 11.3 Å². The zero-order valence-corrected chi connectivity index (χ0v) is 14.0. The van der Waals surface area contributed by atoms with Crippen molar-refractivity contribution < 1.29 is 14.8 Å². The summed E-state index contributed by atoms with van der Waals surface area (Å²) >= 11 is 1.37. The van der Waals surface area contributed by atoms with Gasteiger partial charge in [0.15, 0.2) is 5.75 Å². The first-order valence-electron chi connectivity index (χ1n) is 7.33. The molecule has 0 atom stereocenters. The summed E-state index contributed by atoms with van der Waals surface area (Å²) < 4.78 is 6.23. The highest BCUT2D eigenvalue weighted by Gasteiger charge is 2.23. The lowest BCUT2D eigenvalue weighted by molar-refractivity contribution is -0.386. The Labute approximate surface area is 146 Å². The number of rotatable bonds is 5.